The number of aromatic nitrogens is 3. The first-order valence-corrected chi connectivity index (χ1v) is 14.2. The third-order valence-electron chi connectivity index (χ3n) is 6.00. The Hall–Kier alpha value is -2.57. The SMILES string of the molecule is Cn1c(SCCCC2CCc3cc(OS(C)(=O)=O)ccc3CN2)nnc1-c1ccc(C(F)(F)F)cc1. The van der Waals surface area contributed by atoms with Gasteiger partial charge in [-0.1, -0.05) is 30.0 Å². The summed E-state index contributed by atoms with van der Waals surface area (Å²) in [6, 6.07) is 10.6. The van der Waals surface area contributed by atoms with Crippen molar-refractivity contribution in [3.05, 3.63) is 59.2 Å². The largest absolute Gasteiger partial charge is 0.416 e. The number of hydrogen-bond donors (Lipinski definition) is 1. The maximum absolute atomic E-state index is 12.8. The molecule has 194 valence electrons. The highest BCUT2D eigenvalue weighted by Crippen LogP contribution is 2.31. The molecule has 0 bridgehead atoms. The van der Waals surface area contributed by atoms with Crippen LogP contribution in [0.2, 0.25) is 0 Å². The van der Waals surface area contributed by atoms with Crippen LogP contribution in [0, 0.1) is 0 Å². The number of aryl methyl sites for hydroxylation is 1. The van der Waals surface area contributed by atoms with Crippen molar-refractivity contribution in [2.45, 2.75) is 49.6 Å². The lowest BCUT2D eigenvalue weighted by molar-refractivity contribution is -0.137. The number of fused-ring (bicyclic) bond motifs is 1. The molecular formula is C24H27F3N4O3S2. The highest BCUT2D eigenvalue weighted by Gasteiger charge is 2.30. The molecule has 3 aromatic rings. The molecule has 1 aliphatic rings. The summed E-state index contributed by atoms with van der Waals surface area (Å²) in [5, 5.41) is 12.7. The molecule has 1 N–H and O–H groups in total. The molecule has 0 saturated carbocycles. The lowest BCUT2D eigenvalue weighted by atomic mass is 10.0. The van der Waals surface area contributed by atoms with Crippen LogP contribution in [0.15, 0.2) is 47.6 Å². The predicted octanol–water partition coefficient (Wildman–Crippen LogP) is 4.82. The van der Waals surface area contributed by atoms with Crippen LogP contribution in [0.25, 0.3) is 11.4 Å². The highest BCUT2D eigenvalue weighted by atomic mass is 32.2. The van der Waals surface area contributed by atoms with Gasteiger partial charge in [0.1, 0.15) is 5.75 Å². The Bertz CT molecular complexity index is 1310. The van der Waals surface area contributed by atoms with E-state index in [0.717, 1.165) is 61.0 Å². The van der Waals surface area contributed by atoms with Crippen LogP contribution in [0.4, 0.5) is 13.2 Å². The normalized spacial score (nSPS) is 16.4. The summed E-state index contributed by atoms with van der Waals surface area (Å²) < 4.78 is 68.0. The number of nitrogens with zero attached hydrogens (tertiary/aromatic N) is 3. The molecule has 1 atom stereocenters. The average molecular weight is 541 g/mol. The molecule has 0 aliphatic carbocycles. The van der Waals surface area contributed by atoms with Crippen molar-refractivity contribution in [1.29, 1.82) is 0 Å². The van der Waals surface area contributed by atoms with Crippen molar-refractivity contribution >= 4 is 21.9 Å². The smallest absolute Gasteiger partial charge is 0.383 e. The van der Waals surface area contributed by atoms with E-state index in [1.165, 1.54) is 12.1 Å². The minimum Gasteiger partial charge on any atom is -0.383 e. The summed E-state index contributed by atoms with van der Waals surface area (Å²) in [5.41, 5.74) is 2.12. The lowest BCUT2D eigenvalue weighted by Gasteiger charge is -2.15. The van der Waals surface area contributed by atoms with E-state index in [-0.39, 0.29) is 0 Å². The molecule has 2 aromatic carbocycles. The number of thioether (sulfide) groups is 1. The van der Waals surface area contributed by atoms with Gasteiger partial charge in [0, 0.05) is 31.0 Å². The zero-order valence-corrected chi connectivity index (χ0v) is 21.5. The van der Waals surface area contributed by atoms with Crippen LogP contribution in [0.5, 0.6) is 5.75 Å². The quantitative estimate of drug-likeness (QED) is 0.249. The third-order valence-corrected chi connectivity index (χ3v) is 7.60. The summed E-state index contributed by atoms with van der Waals surface area (Å²) in [6.45, 7) is 0.714. The molecule has 4 rings (SSSR count). The molecule has 0 spiro atoms. The molecule has 7 nitrogen and oxygen atoms in total. The van der Waals surface area contributed by atoms with Gasteiger partial charge in [-0.2, -0.15) is 21.6 Å². The van der Waals surface area contributed by atoms with Crippen molar-refractivity contribution in [2.24, 2.45) is 7.05 Å². The van der Waals surface area contributed by atoms with Crippen LogP contribution in [-0.2, 0) is 36.3 Å². The van der Waals surface area contributed by atoms with Crippen LogP contribution in [0.1, 0.15) is 36.0 Å². The van der Waals surface area contributed by atoms with E-state index in [2.05, 4.69) is 15.5 Å². The van der Waals surface area contributed by atoms with Gasteiger partial charge in [-0.05, 0) is 61.1 Å². The van der Waals surface area contributed by atoms with Gasteiger partial charge in [0.25, 0.3) is 0 Å². The van der Waals surface area contributed by atoms with Gasteiger partial charge < -0.3 is 14.1 Å². The van der Waals surface area contributed by atoms with E-state index < -0.39 is 21.9 Å². The molecule has 0 fully saturated rings. The molecule has 36 heavy (non-hydrogen) atoms. The Labute approximate surface area is 212 Å². The number of rotatable bonds is 8. The number of halogens is 3. The summed E-state index contributed by atoms with van der Waals surface area (Å²) in [4.78, 5) is 0. The molecule has 0 radical (unpaired) electrons. The van der Waals surface area contributed by atoms with Crippen molar-refractivity contribution in [3.8, 4) is 17.1 Å². The van der Waals surface area contributed by atoms with Crippen molar-refractivity contribution in [1.82, 2.24) is 20.1 Å². The average Bonchev–Trinajstić information content (AvgIpc) is 3.04. The maximum Gasteiger partial charge on any atom is 0.416 e. The van der Waals surface area contributed by atoms with E-state index in [1.807, 2.05) is 6.07 Å². The molecule has 1 unspecified atom stereocenters. The van der Waals surface area contributed by atoms with Crippen LogP contribution in [0.3, 0.4) is 0 Å². The first-order valence-electron chi connectivity index (χ1n) is 11.4. The Morgan fingerprint density at radius 2 is 1.89 bits per heavy atom. The van der Waals surface area contributed by atoms with Gasteiger partial charge in [0.15, 0.2) is 11.0 Å². The monoisotopic (exact) mass is 540 g/mol. The van der Waals surface area contributed by atoms with Gasteiger partial charge in [-0.15, -0.1) is 10.2 Å². The van der Waals surface area contributed by atoms with E-state index in [1.54, 1.807) is 35.5 Å². The van der Waals surface area contributed by atoms with Gasteiger partial charge in [-0.25, -0.2) is 0 Å². The minimum atomic E-state index is -4.37. The standard InChI is InChI=1S/C24H27F3N4O3S2/c1-31-22(16-5-9-19(10-6-16)24(25,26)27)29-30-23(31)35-13-3-4-20-11-7-17-14-21(34-36(2,32)33)12-8-18(17)15-28-20/h5-6,8-10,12,14,20,28H,3-4,7,11,13,15H2,1-2H3. The molecule has 1 aromatic heterocycles. The molecular weight excluding hydrogens is 513 g/mol. The van der Waals surface area contributed by atoms with Gasteiger partial charge in [0.05, 0.1) is 11.8 Å². The zero-order valence-electron chi connectivity index (χ0n) is 19.9. The van der Waals surface area contributed by atoms with E-state index >= 15 is 0 Å². The first kappa shape index (κ1) is 26.5. The van der Waals surface area contributed by atoms with Crippen LogP contribution < -0.4 is 9.50 Å². The second kappa shape index (κ2) is 10.8. The Morgan fingerprint density at radius 3 is 2.58 bits per heavy atom. The van der Waals surface area contributed by atoms with Crippen molar-refractivity contribution < 1.29 is 25.8 Å². The maximum atomic E-state index is 12.8. The van der Waals surface area contributed by atoms with Gasteiger partial charge in [0.2, 0.25) is 0 Å². The fourth-order valence-corrected chi connectivity index (χ4v) is 5.49. The zero-order chi connectivity index (χ0) is 25.9. The number of alkyl halides is 3. The Kier molecular flexibility index (Phi) is 7.96. The Balaban J connectivity index is 1.27. The fourth-order valence-electron chi connectivity index (χ4n) is 4.16. The topological polar surface area (TPSA) is 86.1 Å². The molecule has 0 amide bonds. The van der Waals surface area contributed by atoms with Crippen LogP contribution in [-0.4, -0.2) is 41.2 Å². The summed E-state index contributed by atoms with van der Waals surface area (Å²) in [5.74, 6) is 1.69. The summed E-state index contributed by atoms with van der Waals surface area (Å²) in [7, 11) is -1.75. The lowest BCUT2D eigenvalue weighted by Crippen LogP contribution is -2.27. The highest BCUT2D eigenvalue weighted by molar-refractivity contribution is 7.99. The van der Waals surface area contributed by atoms with E-state index in [4.69, 9.17) is 4.18 Å². The number of nitrogens with one attached hydrogen (secondary N) is 1. The fraction of sp³-hybridized carbons (Fsp3) is 0.417. The third kappa shape index (κ3) is 6.80. The number of hydrogen-bond acceptors (Lipinski definition) is 7. The number of benzene rings is 2. The molecule has 12 heteroatoms. The van der Waals surface area contributed by atoms with Gasteiger partial charge >= 0.3 is 16.3 Å². The predicted molar refractivity (Wildman–Crippen MR) is 132 cm³/mol. The van der Waals surface area contributed by atoms with Gasteiger partial charge in [-0.3, -0.25) is 0 Å². The van der Waals surface area contributed by atoms with Crippen LogP contribution >= 0.6 is 11.8 Å². The first-order chi connectivity index (χ1) is 17.0. The minimum absolute atomic E-state index is 0.333. The Morgan fingerprint density at radius 1 is 1.14 bits per heavy atom. The second-order valence-electron chi connectivity index (χ2n) is 8.77. The molecule has 1 aliphatic heterocycles. The van der Waals surface area contributed by atoms with Crippen molar-refractivity contribution in [3.63, 3.8) is 0 Å². The van der Waals surface area contributed by atoms with E-state index in [0.29, 0.717) is 34.9 Å². The van der Waals surface area contributed by atoms with E-state index in [9.17, 15) is 21.6 Å². The summed E-state index contributed by atoms with van der Waals surface area (Å²) in [6.07, 6.45) is 0.346. The molecule has 2 heterocycles. The second-order valence-corrected chi connectivity index (χ2v) is 11.4. The molecule has 0 saturated heterocycles. The summed E-state index contributed by atoms with van der Waals surface area (Å²) >= 11 is 1.57. The van der Waals surface area contributed by atoms with Crippen molar-refractivity contribution in [2.75, 3.05) is 12.0 Å².